The zero-order chi connectivity index (χ0) is 16.2. The van der Waals surface area contributed by atoms with Crippen molar-refractivity contribution in [3.8, 4) is 11.1 Å². The second-order valence-electron chi connectivity index (χ2n) is 5.07. The quantitative estimate of drug-likeness (QED) is 0.630. The van der Waals surface area contributed by atoms with Gasteiger partial charge >= 0.3 is 12.3 Å². The number of hydrogen-bond donors (Lipinski definition) is 0. The van der Waals surface area contributed by atoms with Crippen LogP contribution in [0, 0.1) is 0 Å². The average Bonchev–Trinajstić information content (AvgIpc) is 2.87. The summed E-state index contributed by atoms with van der Waals surface area (Å²) in [6.45, 7) is 1.86. The van der Waals surface area contributed by atoms with Crippen LogP contribution in [-0.4, -0.2) is 25.5 Å². The van der Waals surface area contributed by atoms with Gasteiger partial charge in [-0.05, 0) is 29.2 Å². The van der Waals surface area contributed by atoms with Crippen LogP contribution in [0.3, 0.4) is 0 Å². The predicted octanol–water partition coefficient (Wildman–Crippen LogP) is 4.11. The van der Waals surface area contributed by atoms with E-state index in [-0.39, 0.29) is 19.1 Å². The molecule has 0 atom stereocenters. The van der Waals surface area contributed by atoms with Crippen LogP contribution in [0.1, 0.15) is 24.0 Å². The first-order valence-electron chi connectivity index (χ1n) is 7.40. The van der Waals surface area contributed by atoms with E-state index in [0.29, 0.717) is 0 Å². The zero-order valence-corrected chi connectivity index (χ0v) is 12.7. The van der Waals surface area contributed by atoms with Gasteiger partial charge in [-0.25, -0.2) is 9.59 Å². The monoisotopic (exact) mass is 312 g/mol. The fraction of sp³-hybridized carbons (Fsp3) is 0.222. The van der Waals surface area contributed by atoms with E-state index in [1.807, 2.05) is 48.5 Å². The first-order valence-corrected chi connectivity index (χ1v) is 7.40. The van der Waals surface area contributed by atoms with Crippen molar-refractivity contribution in [1.82, 2.24) is 0 Å². The molecule has 2 aromatic rings. The minimum absolute atomic E-state index is 0.0721. The molecule has 0 fully saturated rings. The highest BCUT2D eigenvalue weighted by molar-refractivity contribution is 5.79. The lowest BCUT2D eigenvalue weighted by molar-refractivity contribution is 0.0376. The molecule has 2 aromatic carbocycles. The van der Waals surface area contributed by atoms with Gasteiger partial charge in [-0.15, -0.1) is 0 Å². The Hall–Kier alpha value is -2.82. The molecule has 0 bridgehead atoms. The average molecular weight is 312 g/mol. The van der Waals surface area contributed by atoms with Crippen molar-refractivity contribution in [3.63, 3.8) is 0 Å². The van der Waals surface area contributed by atoms with Gasteiger partial charge in [0.15, 0.2) is 0 Å². The normalized spacial score (nSPS) is 12.2. The molecule has 0 aromatic heterocycles. The van der Waals surface area contributed by atoms with Crippen LogP contribution in [0.5, 0.6) is 0 Å². The largest absolute Gasteiger partial charge is 0.518 e. The molecule has 1 aliphatic rings. The molecule has 0 saturated carbocycles. The summed E-state index contributed by atoms with van der Waals surface area (Å²) in [5, 5.41) is 0. The van der Waals surface area contributed by atoms with Crippen LogP contribution in [0.25, 0.3) is 11.1 Å². The van der Waals surface area contributed by atoms with Crippen molar-refractivity contribution >= 4 is 12.3 Å². The molecule has 0 amide bonds. The molecular formula is C18H16O5. The van der Waals surface area contributed by atoms with Crippen molar-refractivity contribution < 1.29 is 23.8 Å². The summed E-state index contributed by atoms with van der Waals surface area (Å²) in [5.74, 6) is -0.0721. The Bertz CT molecular complexity index is 692. The number of ether oxygens (including phenoxy) is 3. The Morgan fingerprint density at radius 2 is 1.39 bits per heavy atom. The third-order valence-electron chi connectivity index (χ3n) is 3.76. The predicted molar refractivity (Wildman–Crippen MR) is 83.2 cm³/mol. The summed E-state index contributed by atoms with van der Waals surface area (Å²) < 4.78 is 14.0. The van der Waals surface area contributed by atoms with Crippen LogP contribution >= 0.6 is 0 Å². The molecule has 1 aliphatic carbocycles. The van der Waals surface area contributed by atoms with Crippen LogP contribution in [0.2, 0.25) is 0 Å². The Balaban J connectivity index is 1.73. The Morgan fingerprint density at radius 3 is 1.96 bits per heavy atom. The lowest BCUT2D eigenvalue weighted by atomic mass is 9.98. The fourth-order valence-electron chi connectivity index (χ4n) is 2.84. The molecule has 0 radical (unpaired) electrons. The molecule has 0 saturated heterocycles. The van der Waals surface area contributed by atoms with Gasteiger partial charge in [-0.3, -0.25) is 0 Å². The number of rotatable bonds is 3. The van der Waals surface area contributed by atoms with Gasteiger partial charge in [0.1, 0.15) is 6.61 Å². The Labute approximate surface area is 133 Å². The third-order valence-corrected chi connectivity index (χ3v) is 3.76. The molecule has 0 spiro atoms. The molecule has 23 heavy (non-hydrogen) atoms. The Morgan fingerprint density at radius 1 is 0.870 bits per heavy atom. The summed E-state index contributed by atoms with van der Waals surface area (Å²) in [6.07, 6.45) is -2.10. The van der Waals surface area contributed by atoms with Gasteiger partial charge in [0.25, 0.3) is 0 Å². The van der Waals surface area contributed by atoms with Crippen molar-refractivity contribution in [3.05, 3.63) is 59.7 Å². The second-order valence-corrected chi connectivity index (χ2v) is 5.07. The minimum Gasteiger partial charge on any atom is -0.434 e. The molecule has 0 aliphatic heterocycles. The first kappa shape index (κ1) is 15.1. The SMILES string of the molecule is CCOC(=O)OC(=O)OCC1c2ccccc2-c2ccccc21. The summed E-state index contributed by atoms with van der Waals surface area (Å²) in [4.78, 5) is 22.7. The Kier molecular flexibility index (Phi) is 4.28. The lowest BCUT2D eigenvalue weighted by Crippen LogP contribution is -2.18. The second kappa shape index (κ2) is 6.52. The fourth-order valence-corrected chi connectivity index (χ4v) is 2.84. The molecule has 0 unspecified atom stereocenters. The first-order chi connectivity index (χ1) is 11.2. The zero-order valence-electron chi connectivity index (χ0n) is 12.7. The lowest BCUT2D eigenvalue weighted by Gasteiger charge is -2.13. The highest BCUT2D eigenvalue weighted by atomic mass is 16.8. The number of benzene rings is 2. The molecule has 3 rings (SSSR count). The van der Waals surface area contributed by atoms with Crippen molar-refractivity contribution in [2.24, 2.45) is 0 Å². The molecular weight excluding hydrogens is 296 g/mol. The van der Waals surface area contributed by atoms with E-state index in [2.05, 4.69) is 9.47 Å². The van der Waals surface area contributed by atoms with E-state index in [0.717, 1.165) is 22.3 Å². The van der Waals surface area contributed by atoms with E-state index in [1.54, 1.807) is 6.92 Å². The summed E-state index contributed by atoms with van der Waals surface area (Å²) >= 11 is 0. The highest BCUT2D eigenvalue weighted by Gasteiger charge is 2.29. The molecule has 0 heterocycles. The third kappa shape index (κ3) is 3.04. The molecule has 5 nitrogen and oxygen atoms in total. The summed E-state index contributed by atoms with van der Waals surface area (Å²) in [5.41, 5.74) is 4.46. The van der Waals surface area contributed by atoms with E-state index < -0.39 is 12.3 Å². The number of hydrogen-bond acceptors (Lipinski definition) is 5. The maximum absolute atomic E-state index is 11.6. The number of fused-ring (bicyclic) bond motifs is 3. The van der Waals surface area contributed by atoms with Gasteiger partial charge in [-0.2, -0.15) is 0 Å². The maximum atomic E-state index is 11.6. The van der Waals surface area contributed by atoms with Crippen molar-refractivity contribution in [2.75, 3.05) is 13.2 Å². The molecule has 118 valence electrons. The van der Waals surface area contributed by atoms with E-state index in [4.69, 9.17) is 4.74 Å². The topological polar surface area (TPSA) is 61.8 Å². The summed E-state index contributed by atoms with van der Waals surface area (Å²) in [6, 6.07) is 16.0. The van der Waals surface area contributed by atoms with Crippen molar-refractivity contribution in [1.29, 1.82) is 0 Å². The van der Waals surface area contributed by atoms with Gasteiger partial charge in [0, 0.05) is 5.92 Å². The van der Waals surface area contributed by atoms with E-state index in [1.165, 1.54) is 0 Å². The van der Waals surface area contributed by atoms with E-state index >= 15 is 0 Å². The van der Waals surface area contributed by atoms with Crippen LogP contribution in [-0.2, 0) is 14.2 Å². The van der Waals surface area contributed by atoms with E-state index in [9.17, 15) is 9.59 Å². The van der Waals surface area contributed by atoms with Gasteiger partial charge in [0.2, 0.25) is 0 Å². The van der Waals surface area contributed by atoms with Crippen LogP contribution < -0.4 is 0 Å². The maximum Gasteiger partial charge on any atom is 0.518 e. The van der Waals surface area contributed by atoms with Gasteiger partial charge < -0.3 is 14.2 Å². The van der Waals surface area contributed by atoms with Crippen molar-refractivity contribution in [2.45, 2.75) is 12.8 Å². The standard InChI is InChI=1S/C18H16O5/c1-2-21-17(19)23-18(20)22-11-16-14-9-5-3-7-12(14)13-8-4-6-10-15(13)16/h3-10,16H,2,11H2,1H3. The highest BCUT2D eigenvalue weighted by Crippen LogP contribution is 2.44. The van der Waals surface area contributed by atoms with Gasteiger partial charge in [0.05, 0.1) is 6.61 Å². The van der Waals surface area contributed by atoms with Gasteiger partial charge in [-0.1, -0.05) is 48.5 Å². The number of carbonyl (C=O) groups excluding carboxylic acids is 2. The smallest absolute Gasteiger partial charge is 0.434 e. The van der Waals surface area contributed by atoms with Crippen LogP contribution in [0.15, 0.2) is 48.5 Å². The summed E-state index contributed by atoms with van der Waals surface area (Å²) in [7, 11) is 0. The van der Waals surface area contributed by atoms with Crippen LogP contribution in [0.4, 0.5) is 9.59 Å². The molecule has 0 N–H and O–H groups in total. The minimum atomic E-state index is -1.05. The number of carbonyl (C=O) groups is 2. The molecule has 5 heteroatoms.